The van der Waals surface area contributed by atoms with Gasteiger partial charge in [-0.25, -0.2) is 0 Å². The summed E-state index contributed by atoms with van der Waals surface area (Å²) in [6, 6.07) is 5.40. The SMILES string of the molecule is CNCC1CCCN(C(=O)/C=C/c2cccc(Cl)c2Cl)C1. The summed E-state index contributed by atoms with van der Waals surface area (Å²) < 4.78 is 0. The highest BCUT2D eigenvalue weighted by Gasteiger charge is 2.21. The summed E-state index contributed by atoms with van der Waals surface area (Å²) in [7, 11) is 1.95. The molecule has 3 nitrogen and oxygen atoms in total. The molecule has 1 aliphatic heterocycles. The average molecular weight is 327 g/mol. The summed E-state index contributed by atoms with van der Waals surface area (Å²) in [6.45, 7) is 2.59. The van der Waals surface area contributed by atoms with E-state index in [0.29, 0.717) is 16.0 Å². The normalized spacial score (nSPS) is 19.2. The predicted molar refractivity (Wildman–Crippen MR) is 88.7 cm³/mol. The Labute approximate surface area is 135 Å². The van der Waals surface area contributed by atoms with Gasteiger partial charge in [0.15, 0.2) is 0 Å². The van der Waals surface area contributed by atoms with Gasteiger partial charge in [-0.1, -0.05) is 35.3 Å². The molecular formula is C16H20Cl2N2O. The van der Waals surface area contributed by atoms with Crippen LogP contribution < -0.4 is 5.32 Å². The minimum Gasteiger partial charge on any atom is -0.339 e. The number of carbonyl (C=O) groups is 1. The Morgan fingerprint density at radius 3 is 3.05 bits per heavy atom. The Balaban J connectivity index is 2.00. The fourth-order valence-electron chi connectivity index (χ4n) is 2.64. The number of carbonyl (C=O) groups excluding carboxylic acids is 1. The van der Waals surface area contributed by atoms with Gasteiger partial charge >= 0.3 is 0 Å². The Hall–Kier alpha value is -1.03. The minimum atomic E-state index is 0.0341. The van der Waals surface area contributed by atoms with Crippen molar-refractivity contribution in [3.63, 3.8) is 0 Å². The molecule has 1 aromatic carbocycles. The summed E-state index contributed by atoms with van der Waals surface area (Å²) in [6.07, 6.45) is 5.55. The highest BCUT2D eigenvalue weighted by molar-refractivity contribution is 6.42. The molecule has 1 amide bonds. The first kappa shape index (κ1) is 16.3. The fourth-order valence-corrected chi connectivity index (χ4v) is 3.01. The van der Waals surface area contributed by atoms with Crippen molar-refractivity contribution in [2.45, 2.75) is 12.8 Å². The molecule has 0 radical (unpaired) electrons. The largest absolute Gasteiger partial charge is 0.339 e. The molecule has 0 aliphatic carbocycles. The molecule has 114 valence electrons. The molecule has 0 saturated carbocycles. The second-order valence-electron chi connectivity index (χ2n) is 5.33. The second-order valence-corrected chi connectivity index (χ2v) is 6.11. The van der Waals surface area contributed by atoms with E-state index in [1.54, 1.807) is 18.2 Å². The zero-order valence-electron chi connectivity index (χ0n) is 12.1. The smallest absolute Gasteiger partial charge is 0.246 e. The molecule has 1 saturated heterocycles. The maximum atomic E-state index is 12.3. The summed E-state index contributed by atoms with van der Waals surface area (Å²) in [4.78, 5) is 14.2. The predicted octanol–water partition coefficient (Wildman–Crippen LogP) is 3.46. The van der Waals surface area contributed by atoms with Crippen molar-refractivity contribution < 1.29 is 4.79 Å². The average Bonchev–Trinajstić information content (AvgIpc) is 2.49. The lowest BCUT2D eigenvalue weighted by Crippen LogP contribution is -2.41. The molecule has 1 fully saturated rings. The van der Waals surface area contributed by atoms with Gasteiger partial charge in [0.05, 0.1) is 10.0 Å². The number of likely N-dealkylation sites (tertiary alicyclic amines) is 1. The molecule has 0 spiro atoms. The van der Waals surface area contributed by atoms with Crippen LogP contribution >= 0.6 is 23.2 Å². The lowest BCUT2D eigenvalue weighted by atomic mass is 9.98. The fraction of sp³-hybridized carbons (Fsp3) is 0.438. The van der Waals surface area contributed by atoms with Crippen LogP contribution in [0.25, 0.3) is 6.08 Å². The highest BCUT2D eigenvalue weighted by atomic mass is 35.5. The maximum Gasteiger partial charge on any atom is 0.246 e. The monoisotopic (exact) mass is 326 g/mol. The molecule has 0 bridgehead atoms. The van der Waals surface area contributed by atoms with Crippen molar-refractivity contribution in [2.75, 3.05) is 26.7 Å². The van der Waals surface area contributed by atoms with E-state index in [4.69, 9.17) is 23.2 Å². The third-order valence-electron chi connectivity index (χ3n) is 3.71. The van der Waals surface area contributed by atoms with Gasteiger partial charge in [-0.2, -0.15) is 0 Å². The topological polar surface area (TPSA) is 32.3 Å². The number of amides is 1. The van der Waals surface area contributed by atoms with E-state index in [9.17, 15) is 4.79 Å². The number of halogens is 2. The summed E-state index contributed by atoms with van der Waals surface area (Å²) in [5, 5.41) is 4.16. The van der Waals surface area contributed by atoms with Gasteiger partial charge in [-0.05, 0) is 50.1 Å². The van der Waals surface area contributed by atoms with E-state index < -0.39 is 0 Å². The van der Waals surface area contributed by atoms with Gasteiger partial charge in [0.25, 0.3) is 0 Å². The third kappa shape index (κ3) is 4.47. The summed E-state index contributed by atoms with van der Waals surface area (Å²) >= 11 is 12.1. The van der Waals surface area contributed by atoms with E-state index in [2.05, 4.69) is 5.32 Å². The van der Waals surface area contributed by atoms with E-state index in [1.807, 2.05) is 24.1 Å². The lowest BCUT2D eigenvalue weighted by Gasteiger charge is -2.32. The number of nitrogens with one attached hydrogen (secondary N) is 1. The van der Waals surface area contributed by atoms with Crippen LogP contribution in [0.4, 0.5) is 0 Å². The van der Waals surface area contributed by atoms with E-state index in [-0.39, 0.29) is 5.91 Å². The number of nitrogens with zero attached hydrogens (tertiary/aromatic N) is 1. The zero-order chi connectivity index (χ0) is 15.2. The summed E-state index contributed by atoms with van der Waals surface area (Å²) in [5.74, 6) is 0.572. The second kappa shape index (κ2) is 7.83. The molecule has 1 N–H and O–H groups in total. The lowest BCUT2D eigenvalue weighted by molar-refractivity contribution is -0.127. The Morgan fingerprint density at radius 1 is 1.48 bits per heavy atom. The molecular weight excluding hydrogens is 307 g/mol. The highest BCUT2D eigenvalue weighted by Crippen LogP contribution is 2.26. The Bertz CT molecular complexity index is 529. The van der Waals surface area contributed by atoms with Gasteiger partial charge in [0, 0.05) is 19.2 Å². The van der Waals surface area contributed by atoms with Crippen molar-refractivity contribution in [3.8, 4) is 0 Å². The number of piperidine rings is 1. The maximum absolute atomic E-state index is 12.3. The van der Waals surface area contributed by atoms with E-state index >= 15 is 0 Å². The van der Waals surface area contributed by atoms with Crippen molar-refractivity contribution in [1.82, 2.24) is 10.2 Å². The quantitative estimate of drug-likeness (QED) is 0.859. The molecule has 5 heteroatoms. The van der Waals surface area contributed by atoms with Crippen molar-refractivity contribution >= 4 is 35.2 Å². The number of hydrogen-bond acceptors (Lipinski definition) is 2. The Kier molecular flexibility index (Phi) is 6.09. The Morgan fingerprint density at radius 2 is 2.29 bits per heavy atom. The van der Waals surface area contributed by atoms with Crippen LogP contribution in [0.1, 0.15) is 18.4 Å². The zero-order valence-corrected chi connectivity index (χ0v) is 13.6. The number of benzene rings is 1. The van der Waals surface area contributed by atoms with Crippen molar-refractivity contribution in [1.29, 1.82) is 0 Å². The van der Waals surface area contributed by atoms with E-state index in [1.165, 1.54) is 6.42 Å². The van der Waals surface area contributed by atoms with Crippen LogP contribution in [0, 0.1) is 5.92 Å². The van der Waals surface area contributed by atoms with Gasteiger partial charge in [-0.15, -0.1) is 0 Å². The van der Waals surface area contributed by atoms with Crippen LogP contribution in [0.5, 0.6) is 0 Å². The minimum absolute atomic E-state index is 0.0341. The molecule has 21 heavy (non-hydrogen) atoms. The van der Waals surface area contributed by atoms with Gasteiger partial charge in [0.1, 0.15) is 0 Å². The van der Waals surface area contributed by atoms with Crippen LogP contribution in [0.3, 0.4) is 0 Å². The van der Waals surface area contributed by atoms with Gasteiger partial charge in [0.2, 0.25) is 5.91 Å². The molecule has 0 aromatic heterocycles. The van der Waals surface area contributed by atoms with Crippen molar-refractivity contribution in [2.24, 2.45) is 5.92 Å². The van der Waals surface area contributed by atoms with Gasteiger partial charge in [-0.3, -0.25) is 4.79 Å². The summed E-state index contributed by atoms with van der Waals surface area (Å²) in [5.41, 5.74) is 0.765. The van der Waals surface area contributed by atoms with Crippen LogP contribution in [0.2, 0.25) is 10.0 Å². The van der Waals surface area contributed by atoms with Crippen LogP contribution in [-0.2, 0) is 4.79 Å². The molecule has 1 aliphatic rings. The number of rotatable bonds is 4. The molecule has 2 rings (SSSR count). The van der Waals surface area contributed by atoms with Crippen LogP contribution in [0.15, 0.2) is 24.3 Å². The third-order valence-corrected chi connectivity index (χ3v) is 4.54. The molecule has 1 heterocycles. The first-order valence-electron chi connectivity index (χ1n) is 7.17. The van der Waals surface area contributed by atoms with Crippen molar-refractivity contribution in [3.05, 3.63) is 39.9 Å². The van der Waals surface area contributed by atoms with Gasteiger partial charge < -0.3 is 10.2 Å². The first-order chi connectivity index (χ1) is 10.1. The molecule has 1 unspecified atom stereocenters. The first-order valence-corrected chi connectivity index (χ1v) is 7.93. The van der Waals surface area contributed by atoms with E-state index in [0.717, 1.165) is 31.6 Å². The number of hydrogen-bond donors (Lipinski definition) is 1. The van der Waals surface area contributed by atoms with Crippen LogP contribution in [-0.4, -0.2) is 37.5 Å². The molecule has 1 atom stereocenters. The standard InChI is InChI=1S/C16H20Cl2N2O/c1-19-10-12-4-3-9-20(11-12)15(21)8-7-13-5-2-6-14(17)16(13)18/h2,5-8,12,19H,3-4,9-11H2,1H3/b8-7+. The molecule has 1 aromatic rings.